The number of urea groups is 1. The van der Waals surface area contributed by atoms with Gasteiger partial charge in [-0.2, -0.15) is 5.10 Å². The molecule has 0 saturated carbocycles. The standard InChI is InChI=1S/C18H15ClN4O/c19-14-8-10-15(11-9-14)21-18(24)22-20-13-17-7-4-12-23(17)16-5-2-1-3-6-16/h1-13H,(H2,21,22,24)/b20-13+. The number of hydrazone groups is 1. The lowest BCUT2D eigenvalue weighted by Crippen LogP contribution is -2.24. The van der Waals surface area contributed by atoms with Gasteiger partial charge in [0.25, 0.3) is 0 Å². The molecule has 3 aromatic rings. The molecule has 1 aromatic heterocycles. The molecule has 0 aliphatic heterocycles. The monoisotopic (exact) mass is 338 g/mol. The van der Waals surface area contributed by atoms with Crippen LogP contribution in [0.2, 0.25) is 5.02 Å². The van der Waals surface area contributed by atoms with Crippen LogP contribution < -0.4 is 10.7 Å². The average Bonchev–Trinajstić information content (AvgIpc) is 3.06. The minimum Gasteiger partial charge on any atom is -0.316 e. The van der Waals surface area contributed by atoms with E-state index in [1.165, 1.54) is 0 Å². The second-order valence-electron chi connectivity index (χ2n) is 4.97. The molecule has 120 valence electrons. The minimum absolute atomic E-state index is 0.425. The van der Waals surface area contributed by atoms with E-state index in [1.807, 2.05) is 53.2 Å². The maximum atomic E-state index is 11.8. The molecule has 2 N–H and O–H groups in total. The molecule has 1 heterocycles. The molecule has 0 aliphatic carbocycles. The molecular weight excluding hydrogens is 324 g/mol. The number of aromatic nitrogens is 1. The first kappa shape index (κ1) is 15.8. The quantitative estimate of drug-likeness (QED) is 0.541. The molecular formula is C18H15ClN4O. The Morgan fingerprint density at radius 3 is 2.50 bits per heavy atom. The summed E-state index contributed by atoms with van der Waals surface area (Å²) < 4.78 is 1.97. The van der Waals surface area contributed by atoms with Crippen molar-refractivity contribution in [1.82, 2.24) is 9.99 Å². The Morgan fingerprint density at radius 2 is 1.75 bits per heavy atom. The van der Waals surface area contributed by atoms with Crippen molar-refractivity contribution in [2.24, 2.45) is 5.10 Å². The van der Waals surface area contributed by atoms with Gasteiger partial charge in [0.05, 0.1) is 11.9 Å². The molecule has 0 fully saturated rings. The summed E-state index contributed by atoms with van der Waals surface area (Å²) in [5.41, 5.74) is 4.95. The Bertz CT molecular complexity index is 841. The van der Waals surface area contributed by atoms with Gasteiger partial charge in [0.1, 0.15) is 0 Å². The minimum atomic E-state index is -0.425. The van der Waals surface area contributed by atoms with E-state index >= 15 is 0 Å². The number of halogens is 1. The zero-order valence-corrected chi connectivity index (χ0v) is 13.4. The van der Waals surface area contributed by atoms with E-state index in [9.17, 15) is 4.79 Å². The Kier molecular flexibility index (Phi) is 4.93. The van der Waals surface area contributed by atoms with E-state index in [2.05, 4.69) is 15.8 Å². The van der Waals surface area contributed by atoms with Crippen LogP contribution in [0.5, 0.6) is 0 Å². The van der Waals surface area contributed by atoms with Gasteiger partial charge < -0.3 is 9.88 Å². The van der Waals surface area contributed by atoms with Gasteiger partial charge in [-0.25, -0.2) is 10.2 Å². The molecule has 24 heavy (non-hydrogen) atoms. The van der Waals surface area contributed by atoms with Gasteiger partial charge in [0.15, 0.2) is 0 Å². The first-order chi connectivity index (χ1) is 11.7. The van der Waals surface area contributed by atoms with Crippen LogP contribution >= 0.6 is 11.6 Å². The molecule has 0 spiro atoms. The second kappa shape index (κ2) is 7.48. The molecule has 2 aromatic carbocycles. The van der Waals surface area contributed by atoms with Gasteiger partial charge in [-0.15, -0.1) is 0 Å². The van der Waals surface area contributed by atoms with Crippen LogP contribution in [-0.4, -0.2) is 16.8 Å². The lowest BCUT2D eigenvalue weighted by molar-refractivity contribution is 0.252. The predicted molar refractivity (Wildman–Crippen MR) is 97.0 cm³/mol. The van der Waals surface area contributed by atoms with Crippen LogP contribution in [0.1, 0.15) is 5.69 Å². The number of rotatable bonds is 4. The van der Waals surface area contributed by atoms with Gasteiger partial charge >= 0.3 is 6.03 Å². The first-order valence-electron chi connectivity index (χ1n) is 7.31. The molecule has 0 atom stereocenters. The second-order valence-corrected chi connectivity index (χ2v) is 5.41. The van der Waals surface area contributed by atoms with Crippen molar-refractivity contribution in [1.29, 1.82) is 0 Å². The average molecular weight is 339 g/mol. The summed E-state index contributed by atoms with van der Waals surface area (Å²) in [4.78, 5) is 11.8. The first-order valence-corrected chi connectivity index (χ1v) is 7.68. The fraction of sp³-hybridized carbons (Fsp3) is 0. The van der Waals surface area contributed by atoms with Crippen molar-refractivity contribution in [2.45, 2.75) is 0 Å². The maximum Gasteiger partial charge on any atom is 0.339 e. The number of hydrogen-bond donors (Lipinski definition) is 2. The molecule has 0 aliphatic rings. The maximum absolute atomic E-state index is 11.8. The number of carbonyl (C=O) groups is 1. The SMILES string of the molecule is O=C(N/N=C/c1cccn1-c1ccccc1)Nc1ccc(Cl)cc1. The summed E-state index contributed by atoms with van der Waals surface area (Å²) in [6.45, 7) is 0. The molecule has 3 rings (SSSR count). The van der Waals surface area contributed by atoms with E-state index in [4.69, 9.17) is 11.6 Å². The van der Waals surface area contributed by atoms with Crippen molar-refractivity contribution in [2.75, 3.05) is 5.32 Å². The van der Waals surface area contributed by atoms with Crippen LogP contribution in [-0.2, 0) is 0 Å². The summed E-state index contributed by atoms with van der Waals surface area (Å²) in [5, 5.41) is 7.26. The van der Waals surface area contributed by atoms with Gasteiger partial charge in [0, 0.05) is 22.6 Å². The largest absolute Gasteiger partial charge is 0.339 e. The molecule has 0 bridgehead atoms. The summed E-state index contributed by atoms with van der Waals surface area (Å²) >= 11 is 5.80. The van der Waals surface area contributed by atoms with Crippen LogP contribution in [0.3, 0.4) is 0 Å². The smallest absolute Gasteiger partial charge is 0.316 e. The molecule has 5 nitrogen and oxygen atoms in total. The van der Waals surface area contributed by atoms with Crippen molar-refractivity contribution in [3.8, 4) is 5.69 Å². The number of anilines is 1. The molecule has 0 unspecified atom stereocenters. The molecule has 0 saturated heterocycles. The Labute approximate surface area is 144 Å². The molecule has 0 radical (unpaired) electrons. The van der Waals surface area contributed by atoms with Crippen molar-refractivity contribution >= 4 is 29.5 Å². The van der Waals surface area contributed by atoms with E-state index in [0.29, 0.717) is 10.7 Å². The molecule has 2 amide bonds. The number of nitrogens with one attached hydrogen (secondary N) is 2. The van der Waals surface area contributed by atoms with Crippen LogP contribution in [0.25, 0.3) is 5.69 Å². The van der Waals surface area contributed by atoms with Crippen LogP contribution in [0, 0.1) is 0 Å². The lowest BCUT2D eigenvalue weighted by atomic mass is 10.3. The van der Waals surface area contributed by atoms with Crippen molar-refractivity contribution < 1.29 is 4.79 Å². The Morgan fingerprint density at radius 1 is 1.00 bits per heavy atom. The van der Waals surface area contributed by atoms with Crippen LogP contribution in [0.15, 0.2) is 78.0 Å². The number of carbonyl (C=O) groups excluding carboxylic acids is 1. The van der Waals surface area contributed by atoms with E-state index in [-0.39, 0.29) is 0 Å². The van der Waals surface area contributed by atoms with Gasteiger partial charge in [-0.1, -0.05) is 29.8 Å². The van der Waals surface area contributed by atoms with Gasteiger partial charge in [0.2, 0.25) is 0 Å². The Balaban J connectivity index is 1.62. The lowest BCUT2D eigenvalue weighted by Gasteiger charge is -2.06. The number of amides is 2. The highest BCUT2D eigenvalue weighted by atomic mass is 35.5. The fourth-order valence-corrected chi connectivity index (χ4v) is 2.30. The third-order valence-corrected chi connectivity index (χ3v) is 3.53. The van der Waals surface area contributed by atoms with E-state index < -0.39 is 6.03 Å². The fourth-order valence-electron chi connectivity index (χ4n) is 2.17. The van der Waals surface area contributed by atoms with Crippen molar-refractivity contribution in [3.63, 3.8) is 0 Å². The van der Waals surface area contributed by atoms with E-state index in [0.717, 1.165) is 11.4 Å². The van der Waals surface area contributed by atoms with Gasteiger partial charge in [-0.05, 0) is 48.5 Å². The number of nitrogens with zero attached hydrogens (tertiary/aromatic N) is 2. The number of para-hydroxylation sites is 1. The number of benzene rings is 2. The summed E-state index contributed by atoms with van der Waals surface area (Å²) in [5.74, 6) is 0. The van der Waals surface area contributed by atoms with E-state index in [1.54, 1.807) is 30.5 Å². The zero-order valence-electron chi connectivity index (χ0n) is 12.7. The highest BCUT2D eigenvalue weighted by Gasteiger charge is 2.02. The Hall–Kier alpha value is -3.05. The summed E-state index contributed by atoms with van der Waals surface area (Å²) in [6.07, 6.45) is 3.53. The third-order valence-electron chi connectivity index (χ3n) is 3.28. The third kappa shape index (κ3) is 4.02. The normalized spacial score (nSPS) is 10.7. The predicted octanol–water partition coefficient (Wildman–Crippen LogP) is 4.29. The highest BCUT2D eigenvalue weighted by molar-refractivity contribution is 6.30. The summed E-state index contributed by atoms with van der Waals surface area (Å²) in [7, 11) is 0. The summed E-state index contributed by atoms with van der Waals surface area (Å²) in [6, 6.07) is 20.1. The van der Waals surface area contributed by atoms with Crippen molar-refractivity contribution in [3.05, 3.63) is 83.6 Å². The highest BCUT2D eigenvalue weighted by Crippen LogP contribution is 2.13. The van der Waals surface area contributed by atoms with Crippen LogP contribution in [0.4, 0.5) is 10.5 Å². The topological polar surface area (TPSA) is 58.4 Å². The molecule has 6 heteroatoms. The zero-order chi connectivity index (χ0) is 16.8. The van der Waals surface area contributed by atoms with Gasteiger partial charge in [-0.3, -0.25) is 0 Å². The number of hydrogen-bond acceptors (Lipinski definition) is 2.